The van der Waals surface area contributed by atoms with E-state index in [4.69, 9.17) is 16.3 Å². The zero-order chi connectivity index (χ0) is 17.1. The van der Waals surface area contributed by atoms with Gasteiger partial charge in [-0.05, 0) is 31.2 Å². The molecule has 3 aromatic rings. The van der Waals surface area contributed by atoms with Crippen molar-refractivity contribution in [2.24, 2.45) is 0 Å². The van der Waals surface area contributed by atoms with E-state index in [-0.39, 0.29) is 11.5 Å². The lowest BCUT2D eigenvalue weighted by molar-refractivity contribution is 0.102. The molecule has 1 aromatic heterocycles. The van der Waals surface area contributed by atoms with Crippen molar-refractivity contribution in [3.05, 3.63) is 58.9 Å². The first kappa shape index (κ1) is 16.7. The maximum Gasteiger partial charge on any atom is 0.173 e. The van der Waals surface area contributed by atoms with Gasteiger partial charge in [-0.15, -0.1) is 0 Å². The standard InChI is InChI=1S/C18H15ClN2O2S/c1-11-20-15-6-4-3-5-13(15)18(21-11)24-10-16(22)12-7-8-17(23-2)14(19)9-12/h3-9H,10H2,1-2H3. The van der Waals surface area contributed by atoms with Crippen LogP contribution in [-0.2, 0) is 0 Å². The van der Waals surface area contributed by atoms with Crippen LogP contribution in [0.15, 0.2) is 47.5 Å². The molecule has 0 radical (unpaired) electrons. The van der Waals surface area contributed by atoms with Gasteiger partial charge in [0.2, 0.25) is 0 Å². The van der Waals surface area contributed by atoms with E-state index in [0.29, 0.717) is 22.2 Å². The lowest BCUT2D eigenvalue weighted by Crippen LogP contribution is -2.03. The highest BCUT2D eigenvalue weighted by Gasteiger charge is 2.12. The van der Waals surface area contributed by atoms with Gasteiger partial charge >= 0.3 is 0 Å². The second-order valence-corrected chi connectivity index (χ2v) is 6.53. The molecule has 4 nitrogen and oxygen atoms in total. The Morgan fingerprint density at radius 2 is 2.00 bits per heavy atom. The van der Waals surface area contributed by atoms with Crippen LogP contribution < -0.4 is 4.74 Å². The number of hydrogen-bond acceptors (Lipinski definition) is 5. The summed E-state index contributed by atoms with van der Waals surface area (Å²) in [5, 5.41) is 2.19. The molecule has 0 spiro atoms. The molecule has 122 valence electrons. The predicted molar refractivity (Wildman–Crippen MR) is 97.3 cm³/mol. The maximum atomic E-state index is 12.4. The third kappa shape index (κ3) is 3.52. The summed E-state index contributed by atoms with van der Waals surface area (Å²) in [6.45, 7) is 1.85. The summed E-state index contributed by atoms with van der Waals surface area (Å²) >= 11 is 7.49. The summed E-state index contributed by atoms with van der Waals surface area (Å²) in [5.74, 6) is 1.52. The number of halogens is 1. The third-order valence-corrected chi connectivity index (χ3v) is 4.78. The Labute approximate surface area is 149 Å². The first-order valence-corrected chi connectivity index (χ1v) is 8.68. The van der Waals surface area contributed by atoms with Gasteiger partial charge in [-0.25, -0.2) is 9.97 Å². The minimum absolute atomic E-state index is 0.00935. The molecular weight excluding hydrogens is 344 g/mol. The molecule has 2 aromatic carbocycles. The molecule has 0 fully saturated rings. The number of rotatable bonds is 5. The molecule has 0 bridgehead atoms. The Morgan fingerprint density at radius 3 is 2.75 bits per heavy atom. The largest absolute Gasteiger partial charge is 0.495 e. The Morgan fingerprint density at radius 1 is 1.21 bits per heavy atom. The van der Waals surface area contributed by atoms with E-state index >= 15 is 0 Å². The minimum atomic E-state index is -0.00935. The molecule has 0 amide bonds. The van der Waals surface area contributed by atoms with Crippen molar-refractivity contribution in [2.75, 3.05) is 12.9 Å². The summed E-state index contributed by atoms with van der Waals surface area (Å²) in [7, 11) is 1.54. The molecule has 3 rings (SSSR count). The van der Waals surface area contributed by atoms with E-state index in [1.54, 1.807) is 25.3 Å². The fourth-order valence-electron chi connectivity index (χ4n) is 2.33. The quantitative estimate of drug-likeness (QED) is 0.379. The SMILES string of the molecule is COc1ccc(C(=O)CSc2nc(C)nc3ccccc23)cc1Cl. The number of ketones is 1. The summed E-state index contributed by atoms with van der Waals surface area (Å²) in [6.07, 6.45) is 0. The molecule has 6 heteroatoms. The number of aryl methyl sites for hydroxylation is 1. The Hall–Kier alpha value is -2.11. The van der Waals surface area contributed by atoms with E-state index in [1.807, 2.05) is 31.2 Å². The number of benzene rings is 2. The molecule has 0 saturated carbocycles. The van der Waals surface area contributed by atoms with E-state index in [2.05, 4.69) is 9.97 Å². The Balaban J connectivity index is 1.81. The number of fused-ring (bicyclic) bond motifs is 1. The van der Waals surface area contributed by atoms with Crippen molar-refractivity contribution in [2.45, 2.75) is 11.9 Å². The number of carbonyl (C=O) groups is 1. The number of para-hydroxylation sites is 1. The minimum Gasteiger partial charge on any atom is -0.495 e. The molecule has 0 saturated heterocycles. The molecule has 0 aliphatic carbocycles. The van der Waals surface area contributed by atoms with Crippen molar-refractivity contribution in [1.82, 2.24) is 9.97 Å². The highest BCUT2D eigenvalue weighted by Crippen LogP contribution is 2.28. The molecule has 0 aliphatic heterocycles. The van der Waals surface area contributed by atoms with Crippen molar-refractivity contribution in [1.29, 1.82) is 0 Å². The lowest BCUT2D eigenvalue weighted by Gasteiger charge is -2.07. The lowest BCUT2D eigenvalue weighted by atomic mass is 10.1. The maximum absolute atomic E-state index is 12.4. The van der Waals surface area contributed by atoms with Crippen molar-refractivity contribution >= 4 is 40.0 Å². The van der Waals surface area contributed by atoms with Crippen LogP contribution in [0.1, 0.15) is 16.2 Å². The number of thioether (sulfide) groups is 1. The van der Waals surface area contributed by atoms with Gasteiger partial charge in [-0.1, -0.05) is 41.6 Å². The summed E-state index contributed by atoms with van der Waals surface area (Å²) in [6, 6.07) is 12.8. The van der Waals surface area contributed by atoms with E-state index in [9.17, 15) is 4.79 Å². The van der Waals surface area contributed by atoms with E-state index in [0.717, 1.165) is 15.9 Å². The first-order valence-electron chi connectivity index (χ1n) is 7.31. The van der Waals surface area contributed by atoms with Gasteiger partial charge < -0.3 is 4.74 Å². The molecule has 0 aliphatic rings. The predicted octanol–water partition coefficient (Wildman–Crippen LogP) is 4.58. The number of methoxy groups -OCH3 is 1. The monoisotopic (exact) mass is 358 g/mol. The molecule has 0 N–H and O–H groups in total. The fourth-order valence-corrected chi connectivity index (χ4v) is 3.54. The van der Waals surface area contributed by atoms with Gasteiger partial charge in [0.15, 0.2) is 5.78 Å². The van der Waals surface area contributed by atoms with Gasteiger partial charge in [-0.3, -0.25) is 4.79 Å². The first-order chi connectivity index (χ1) is 11.6. The number of aromatic nitrogens is 2. The summed E-state index contributed by atoms with van der Waals surface area (Å²) < 4.78 is 5.10. The highest BCUT2D eigenvalue weighted by atomic mass is 35.5. The second kappa shape index (κ2) is 7.20. The Kier molecular flexibility index (Phi) is 5.02. The van der Waals surface area contributed by atoms with Crippen LogP contribution in [0.4, 0.5) is 0 Å². The third-order valence-electron chi connectivity index (χ3n) is 3.49. The molecule has 24 heavy (non-hydrogen) atoms. The number of nitrogens with zero attached hydrogens (tertiary/aromatic N) is 2. The van der Waals surface area contributed by atoms with Crippen molar-refractivity contribution < 1.29 is 9.53 Å². The fraction of sp³-hybridized carbons (Fsp3) is 0.167. The molecule has 1 heterocycles. The van der Waals surface area contributed by atoms with Crippen molar-refractivity contribution in [3.63, 3.8) is 0 Å². The number of ether oxygens (including phenoxy) is 1. The van der Waals surface area contributed by atoms with Gasteiger partial charge in [0.05, 0.1) is 23.4 Å². The van der Waals surface area contributed by atoms with Gasteiger partial charge in [0.25, 0.3) is 0 Å². The van der Waals surface area contributed by atoms with Gasteiger partial charge in [-0.2, -0.15) is 0 Å². The second-order valence-electron chi connectivity index (χ2n) is 5.15. The normalized spacial score (nSPS) is 10.8. The molecule has 0 atom stereocenters. The van der Waals surface area contributed by atoms with Crippen LogP contribution in [0.5, 0.6) is 5.75 Å². The van der Waals surface area contributed by atoms with Gasteiger partial charge in [0.1, 0.15) is 16.6 Å². The molecule has 0 unspecified atom stereocenters. The average Bonchev–Trinajstić information content (AvgIpc) is 2.59. The van der Waals surface area contributed by atoms with Crippen LogP contribution in [0.2, 0.25) is 5.02 Å². The Bertz CT molecular complexity index is 915. The zero-order valence-electron chi connectivity index (χ0n) is 13.2. The van der Waals surface area contributed by atoms with E-state index < -0.39 is 0 Å². The topological polar surface area (TPSA) is 52.1 Å². The highest BCUT2D eigenvalue weighted by molar-refractivity contribution is 8.00. The van der Waals surface area contributed by atoms with Crippen LogP contribution in [-0.4, -0.2) is 28.6 Å². The smallest absolute Gasteiger partial charge is 0.173 e. The molecular formula is C18H15ClN2O2S. The number of carbonyl (C=O) groups excluding carboxylic acids is 1. The summed E-state index contributed by atoms with van der Waals surface area (Å²) in [4.78, 5) is 21.3. The van der Waals surface area contributed by atoms with Gasteiger partial charge in [0, 0.05) is 10.9 Å². The number of hydrogen-bond donors (Lipinski definition) is 0. The van der Waals surface area contributed by atoms with Crippen molar-refractivity contribution in [3.8, 4) is 5.75 Å². The summed E-state index contributed by atoms with van der Waals surface area (Å²) in [5.41, 5.74) is 1.44. The van der Waals surface area contributed by atoms with E-state index in [1.165, 1.54) is 11.8 Å². The van der Waals surface area contributed by atoms with Crippen LogP contribution in [0.25, 0.3) is 10.9 Å². The van der Waals surface area contributed by atoms with Crippen LogP contribution in [0, 0.1) is 6.92 Å². The van der Waals surface area contributed by atoms with Crippen LogP contribution in [0.3, 0.4) is 0 Å². The number of Topliss-reactive ketones (excluding diaryl/α,β-unsaturated/α-hetero) is 1. The zero-order valence-corrected chi connectivity index (χ0v) is 14.8. The average molecular weight is 359 g/mol. The van der Waals surface area contributed by atoms with Crippen LogP contribution >= 0.6 is 23.4 Å².